The molecule has 0 aliphatic rings. The molecular formula is C16H24N2O. The molecule has 104 valence electrons. The molecule has 0 aliphatic carbocycles. The van der Waals surface area contributed by atoms with Crippen molar-refractivity contribution in [1.82, 2.24) is 5.32 Å². The van der Waals surface area contributed by atoms with Gasteiger partial charge in [0.05, 0.1) is 18.1 Å². The van der Waals surface area contributed by atoms with Gasteiger partial charge in [-0.2, -0.15) is 5.26 Å². The molecule has 3 heteroatoms. The summed E-state index contributed by atoms with van der Waals surface area (Å²) < 4.78 is 5.77. The second-order valence-corrected chi connectivity index (χ2v) is 5.63. The maximum Gasteiger partial charge on any atom is 0.122 e. The highest BCUT2D eigenvalue weighted by Crippen LogP contribution is 2.24. The number of hydrogen-bond donors (Lipinski definition) is 1. The van der Waals surface area contributed by atoms with E-state index in [0.717, 1.165) is 17.7 Å². The summed E-state index contributed by atoms with van der Waals surface area (Å²) in [6.07, 6.45) is 0.734. The maximum absolute atomic E-state index is 8.96. The third-order valence-electron chi connectivity index (χ3n) is 3.42. The zero-order valence-electron chi connectivity index (χ0n) is 12.6. The number of rotatable bonds is 6. The van der Waals surface area contributed by atoms with Crippen molar-refractivity contribution < 1.29 is 4.74 Å². The van der Waals surface area contributed by atoms with Crippen LogP contribution in [0.5, 0.6) is 5.75 Å². The van der Waals surface area contributed by atoms with E-state index in [1.807, 2.05) is 27.0 Å². The first kappa shape index (κ1) is 15.5. The van der Waals surface area contributed by atoms with Crippen LogP contribution in [0.4, 0.5) is 0 Å². The first-order chi connectivity index (χ1) is 8.89. The number of nitriles is 1. The van der Waals surface area contributed by atoms with E-state index < -0.39 is 0 Å². The molecule has 19 heavy (non-hydrogen) atoms. The van der Waals surface area contributed by atoms with E-state index in [9.17, 15) is 0 Å². The first-order valence-corrected chi connectivity index (χ1v) is 6.71. The van der Waals surface area contributed by atoms with E-state index in [-0.39, 0.29) is 5.41 Å². The third kappa shape index (κ3) is 4.57. The van der Waals surface area contributed by atoms with Crippen molar-refractivity contribution in [2.24, 2.45) is 5.41 Å². The minimum atomic E-state index is -0.325. The Balaban J connectivity index is 2.64. The molecule has 1 atom stereocenters. The molecule has 0 aliphatic heterocycles. The second-order valence-electron chi connectivity index (χ2n) is 5.63. The quantitative estimate of drug-likeness (QED) is 0.850. The lowest BCUT2D eigenvalue weighted by atomic mass is 9.92. The number of ether oxygens (including phenoxy) is 1. The van der Waals surface area contributed by atoms with E-state index >= 15 is 0 Å². The Morgan fingerprint density at radius 2 is 2.11 bits per heavy atom. The predicted molar refractivity (Wildman–Crippen MR) is 78.2 cm³/mol. The molecule has 0 heterocycles. The molecule has 1 aromatic carbocycles. The van der Waals surface area contributed by atoms with Gasteiger partial charge in [0.1, 0.15) is 5.75 Å². The van der Waals surface area contributed by atoms with Gasteiger partial charge >= 0.3 is 0 Å². The summed E-state index contributed by atoms with van der Waals surface area (Å²) >= 11 is 0. The summed E-state index contributed by atoms with van der Waals surface area (Å²) in [7, 11) is 1.95. The minimum absolute atomic E-state index is 0.325. The number of aryl methyl sites for hydroxylation is 1. The zero-order chi connectivity index (χ0) is 14.5. The summed E-state index contributed by atoms with van der Waals surface area (Å²) in [4.78, 5) is 0. The molecule has 3 nitrogen and oxygen atoms in total. The van der Waals surface area contributed by atoms with Crippen LogP contribution in [0.3, 0.4) is 0 Å². The molecule has 0 saturated heterocycles. The molecule has 0 radical (unpaired) electrons. The van der Waals surface area contributed by atoms with Crippen LogP contribution in [0, 0.1) is 23.7 Å². The fraction of sp³-hybridized carbons (Fsp3) is 0.562. The summed E-state index contributed by atoms with van der Waals surface area (Å²) in [5.74, 6) is 0.904. The molecule has 1 aromatic rings. The highest BCUT2D eigenvalue weighted by atomic mass is 16.5. The SMILES string of the molecule is CNC(C)c1ccc(OCCC(C)(C)C#N)c(C)c1. The molecular weight excluding hydrogens is 236 g/mol. The molecule has 1 N–H and O–H groups in total. The van der Waals surface area contributed by atoms with Crippen LogP contribution in [0.2, 0.25) is 0 Å². The van der Waals surface area contributed by atoms with Crippen molar-refractivity contribution >= 4 is 0 Å². The van der Waals surface area contributed by atoms with Gasteiger partial charge in [0.15, 0.2) is 0 Å². The highest BCUT2D eigenvalue weighted by molar-refractivity contribution is 5.37. The van der Waals surface area contributed by atoms with Crippen molar-refractivity contribution in [3.8, 4) is 11.8 Å². The lowest BCUT2D eigenvalue weighted by molar-refractivity contribution is 0.263. The van der Waals surface area contributed by atoms with Gasteiger partial charge in [-0.15, -0.1) is 0 Å². The molecule has 0 fully saturated rings. The number of nitrogens with zero attached hydrogens (tertiary/aromatic N) is 1. The average Bonchev–Trinajstić information content (AvgIpc) is 2.39. The number of benzene rings is 1. The van der Waals surface area contributed by atoms with Crippen molar-refractivity contribution in [2.45, 2.75) is 40.2 Å². The maximum atomic E-state index is 8.96. The van der Waals surface area contributed by atoms with E-state index in [2.05, 4.69) is 37.4 Å². The van der Waals surface area contributed by atoms with Crippen LogP contribution in [0.1, 0.15) is 44.4 Å². The Morgan fingerprint density at radius 1 is 1.42 bits per heavy atom. The van der Waals surface area contributed by atoms with Crippen molar-refractivity contribution in [2.75, 3.05) is 13.7 Å². The minimum Gasteiger partial charge on any atom is -0.493 e. The van der Waals surface area contributed by atoms with E-state index in [1.165, 1.54) is 5.56 Å². The Morgan fingerprint density at radius 3 is 2.63 bits per heavy atom. The first-order valence-electron chi connectivity index (χ1n) is 6.71. The zero-order valence-corrected chi connectivity index (χ0v) is 12.6. The van der Waals surface area contributed by atoms with Crippen LogP contribution < -0.4 is 10.1 Å². The predicted octanol–water partition coefficient (Wildman–Crippen LogP) is 3.59. The Hall–Kier alpha value is -1.53. The Bertz CT molecular complexity index is 460. The largest absolute Gasteiger partial charge is 0.493 e. The molecule has 1 rings (SSSR count). The fourth-order valence-corrected chi connectivity index (χ4v) is 1.74. The van der Waals surface area contributed by atoms with E-state index in [4.69, 9.17) is 10.00 Å². The summed E-state index contributed by atoms with van der Waals surface area (Å²) in [5, 5.41) is 12.2. The standard InChI is InChI=1S/C16H24N2O/c1-12-10-14(13(2)18-5)6-7-15(12)19-9-8-16(3,4)11-17/h6-7,10,13,18H,8-9H2,1-5H3. The van der Waals surface area contributed by atoms with Gasteiger partial charge in [-0.1, -0.05) is 12.1 Å². The van der Waals surface area contributed by atoms with Crippen LogP contribution in [0.15, 0.2) is 18.2 Å². The molecule has 0 aromatic heterocycles. The van der Waals surface area contributed by atoms with Gasteiger partial charge in [-0.25, -0.2) is 0 Å². The van der Waals surface area contributed by atoms with E-state index in [0.29, 0.717) is 12.6 Å². The highest BCUT2D eigenvalue weighted by Gasteiger charge is 2.16. The van der Waals surface area contributed by atoms with Crippen LogP contribution >= 0.6 is 0 Å². The second kappa shape index (κ2) is 6.58. The van der Waals surface area contributed by atoms with Crippen LogP contribution in [0.25, 0.3) is 0 Å². The molecule has 0 bridgehead atoms. The third-order valence-corrected chi connectivity index (χ3v) is 3.42. The van der Waals surface area contributed by atoms with Gasteiger partial charge in [0.2, 0.25) is 0 Å². The topological polar surface area (TPSA) is 45.0 Å². The van der Waals surface area contributed by atoms with Gasteiger partial charge in [-0.05, 0) is 58.4 Å². The van der Waals surface area contributed by atoms with Gasteiger partial charge in [0.25, 0.3) is 0 Å². The van der Waals surface area contributed by atoms with Crippen molar-refractivity contribution in [3.63, 3.8) is 0 Å². The summed E-state index contributed by atoms with van der Waals surface area (Å²) in [6.45, 7) is 8.62. The van der Waals surface area contributed by atoms with Gasteiger partial charge < -0.3 is 10.1 Å². The molecule has 0 amide bonds. The Kier molecular flexibility index (Phi) is 5.38. The molecule has 1 unspecified atom stereocenters. The van der Waals surface area contributed by atoms with Crippen molar-refractivity contribution in [1.29, 1.82) is 5.26 Å². The van der Waals surface area contributed by atoms with Gasteiger partial charge in [0, 0.05) is 6.04 Å². The summed E-state index contributed by atoms with van der Waals surface area (Å²) in [5.41, 5.74) is 2.06. The lowest BCUT2D eigenvalue weighted by Crippen LogP contribution is -2.14. The monoisotopic (exact) mass is 260 g/mol. The number of hydrogen-bond acceptors (Lipinski definition) is 3. The fourth-order valence-electron chi connectivity index (χ4n) is 1.74. The smallest absolute Gasteiger partial charge is 0.122 e. The van der Waals surface area contributed by atoms with E-state index in [1.54, 1.807) is 0 Å². The Labute approximate surface area is 116 Å². The number of nitrogens with one attached hydrogen (secondary N) is 1. The lowest BCUT2D eigenvalue weighted by Gasteiger charge is -2.17. The summed E-state index contributed by atoms with van der Waals surface area (Å²) in [6, 6.07) is 8.86. The molecule has 0 spiro atoms. The molecule has 0 saturated carbocycles. The normalized spacial score (nSPS) is 12.8. The van der Waals surface area contributed by atoms with Crippen LogP contribution in [-0.4, -0.2) is 13.7 Å². The van der Waals surface area contributed by atoms with Gasteiger partial charge in [-0.3, -0.25) is 0 Å². The van der Waals surface area contributed by atoms with Crippen LogP contribution in [-0.2, 0) is 0 Å². The van der Waals surface area contributed by atoms with Crippen molar-refractivity contribution in [3.05, 3.63) is 29.3 Å². The average molecular weight is 260 g/mol.